The molecule has 1 fully saturated rings. The van der Waals surface area contributed by atoms with E-state index < -0.39 is 0 Å². The Morgan fingerprint density at radius 3 is 2.80 bits per heavy atom. The molecular formula is C16H29N3O. The summed E-state index contributed by atoms with van der Waals surface area (Å²) in [7, 11) is 2.21. The number of hydrogen-bond donors (Lipinski definition) is 1. The highest BCUT2D eigenvalue weighted by Gasteiger charge is 2.21. The quantitative estimate of drug-likeness (QED) is 0.895. The number of piperazine rings is 1. The van der Waals surface area contributed by atoms with Crippen LogP contribution in [-0.4, -0.2) is 48.6 Å². The van der Waals surface area contributed by atoms with Gasteiger partial charge in [-0.1, -0.05) is 13.8 Å². The first kappa shape index (κ1) is 15.5. The first-order valence-electron chi connectivity index (χ1n) is 7.70. The van der Waals surface area contributed by atoms with Gasteiger partial charge in [0.15, 0.2) is 0 Å². The van der Waals surface area contributed by atoms with Gasteiger partial charge in [-0.2, -0.15) is 0 Å². The summed E-state index contributed by atoms with van der Waals surface area (Å²) in [5.41, 5.74) is 1.34. The maximum Gasteiger partial charge on any atom is 0.118 e. The molecule has 1 aliphatic rings. The van der Waals surface area contributed by atoms with Crippen molar-refractivity contribution < 1.29 is 4.42 Å². The monoisotopic (exact) mass is 279 g/mol. The molecule has 1 atom stereocenters. The number of aryl methyl sites for hydroxylation is 1. The van der Waals surface area contributed by atoms with Crippen molar-refractivity contribution in [3.63, 3.8) is 0 Å². The van der Waals surface area contributed by atoms with E-state index >= 15 is 0 Å². The normalized spacial score (nSPS) is 21.8. The van der Waals surface area contributed by atoms with E-state index in [0.717, 1.165) is 44.2 Å². The fourth-order valence-corrected chi connectivity index (χ4v) is 2.64. The van der Waals surface area contributed by atoms with Crippen LogP contribution in [0.4, 0.5) is 0 Å². The number of likely N-dealkylation sites (N-methyl/N-ethyl adjacent to an activating group) is 1. The summed E-state index contributed by atoms with van der Waals surface area (Å²) in [5.74, 6) is 2.12. The molecular weight excluding hydrogens is 250 g/mol. The molecule has 1 aromatic rings. The smallest absolute Gasteiger partial charge is 0.118 e. The molecule has 20 heavy (non-hydrogen) atoms. The molecule has 2 heterocycles. The van der Waals surface area contributed by atoms with Gasteiger partial charge in [-0.25, -0.2) is 0 Å². The molecule has 0 aliphatic carbocycles. The Morgan fingerprint density at radius 1 is 1.40 bits per heavy atom. The first-order chi connectivity index (χ1) is 9.45. The van der Waals surface area contributed by atoms with E-state index in [0.29, 0.717) is 12.1 Å². The SMILES string of the molecule is Cc1oc(CNC(C)C)cc1CN1CCN(C)C(C)C1. The summed E-state index contributed by atoms with van der Waals surface area (Å²) in [6.07, 6.45) is 0. The second-order valence-corrected chi connectivity index (χ2v) is 6.39. The van der Waals surface area contributed by atoms with Crippen LogP contribution in [0.3, 0.4) is 0 Å². The number of nitrogens with zero attached hydrogens (tertiary/aromatic N) is 2. The third-order valence-corrected chi connectivity index (χ3v) is 4.19. The van der Waals surface area contributed by atoms with E-state index in [9.17, 15) is 0 Å². The van der Waals surface area contributed by atoms with Gasteiger partial charge in [0.25, 0.3) is 0 Å². The molecule has 0 radical (unpaired) electrons. The van der Waals surface area contributed by atoms with Gasteiger partial charge < -0.3 is 14.6 Å². The molecule has 1 saturated heterocycles. The lowest BCUT2D eigenvalue weighted by Crippen LogP contribution is -2.49. The third kappa shape index (κ3) is 4.08. The lowest BCUT2D eigenvalue weighted by molar-refractivity contribution is 0.0996. The Labute approximate surface area is 123 Å². The highest BCUT2D eigenvalue weighted by molar-refractivity contribution is 5.21. The van der Waals surface area contributed by atoms with Crippen molar-refractivity contribution in [3.8, 4) is 0 Å². The number of nitrogens with one attached hydrogen (secondary N) is 1. The van der Waals surface area contributed by atoms with Gasteiger partial charge >= 0.3 is 0 Å². The Morgan fingerprint density at radius 2 is 2.15 bits per heavy atom. The van der Waals surface area contributed by atoms with Crippen LogP contribution in [0.1, 0.15) is 37.9 Å². The van der Waals surface area contributed by atoms with Crippen molar-refractivity contribution in [1.29, 1.82) is 0 Å². The molecule has 0 bridgehead atoms. The summed E-state index contributed by atoms with van der Waals surface area (Å²) in [4.78, 5) is 4.96. The Hall–Kier alpha value is -0.840. The fourth-order valence-electron chi connectivity index (χ4n) is 2.64. The molecule has 114 valence electrons. The van der Waals surface area contributed by atoms with Crippen molar-refractivity contribution in [3.05, 3.63) is 23.2 Å². The minimum atomic E-state index is 0.488. The maximum absolute atomic E-state index is 5.85. The van der Waals surface area contributed by atoms with Gasteiger partial charge in [0.05, 0.1) is 6.54 Å². The molecule has 4 nitrogen and oxygen atoms in total. The molecule has 0 saturated carbocycles. The van der Waals surface area contributed by atoms with Crippen molar-refractivity contribution in [2.45, 2.75) is 52.9 Å². The van der Waals surface area contributed by atoms with Gasteiger partial charge in [-0.05, 0) is 27.0 Å². The van der Waals surface area contributed by atoms with E-state index in [1.165, 1.54) is 5.56 Å². The molecule has 4 heteroatoms. The van der Waals surface area contributed by atoms with Gasteiger partial charge in [0.1, 0.15) is 11.5 Å². The molecule has 1 aromatic heterocycles. The highest BCUT2D eigenvalue weighted by Crippen LogP contribution is 2.18. The van der Waals surface area contributed by atoms with Gasteiger partial charge in [0, 0.05) is 43.8 Å². The topological polar surface area (TPSA) is 31.7 Å². The minimum Gasteiger partial charge on any atom is -0.465 e. The largest absolute Gasteiger partial charge is 0.465 e. The predicted octanol–water partition coefficient (Wildman–Crippen LogP) is 2.22. The predicted molar refractivity (Wildman–Crippen MR) is 82.8 cm³/mol. The second kappa shape index (κ2) is 6.74. The van der Waals surface area contributed by atoms with Crippen LogP contribution in [-0.2, 0) is 13.1 Å². The average molecular weight is 279 g/mol. The molecule has 1 unspecified atom stereocenters. The second-order valence-electron chi connectivity index (χ2n) is 6.39. The van der Waals surface area contributed by atoms with E-state index in [-0.39, 0.29) is 0 Å². The molecule has 1 aliphatic heterocycles. The maximum atomic E-state index is 5.85. The minimum absolute atomic E-state index is 0.488. The van der Waals surface area contributed by atoms with Crippen molar-refractivity contribution in [1.82, 2.24) is 15.1 Å². The average Bonchev–Trinajstić information content (AvgIpc) is 2.72. The van der Waals surface area contributed by atoms with Crippen molar-refractivity contribution in [2.75, 3.05) is 26.7 Å². The summed E-state index contributed by atoms with van der Waals surface area (Å²) in [6.45, 7) is 13.9. The van der Waals surface area contributed by atoms with Gasteiger partial charge in [0.2, 0.25) is 0 Å². The summed E-state index contributed by atoms with van der Waals surface area (Å²) < 4.78 is 5.85. The molecule has 2 rings (SSSR count). The first-order valence-corrected chi connectivity index (χ1v) is 7.70. The zero-order valence-electron chi connectivity index (χ0n) is 13.6. The van der Waals surface area contributed by atoms with E-state index in [4.69, 9.17) is 4.42 Å². The van der Waals surface area contributed by atoms with E-state index in [1.54, 1.807) is 0 Å². The molecule has 0 amide bonds. The van der Waals surface area contributed by atoms with Gasteiger partial charge in [-0.15, -0.1) is 0 Å². The summed E-state index contributed by atoms with van der Waals surface area (Å²) >= 11 is 0. The summed E-state index contributed by atoms with van der Waals surface area (Å²) in [6, 6.07) is 3.34. The number of furan rings is 1. The fraction of sp³-hybridized carbons (Fsp3) is 0.750. The Kier molecular flexibility index (Phi) is 5.24. The van der Waals surface area contributed by atoms with E-state index in [2.05, 4.69) is 55.9 Å². The molecule has 1 N–H and O–H groups in total. The van der Waals surface area contributed by atoms with E-state index in [1.807, 2.05) is 0 Å². The van der Waals surface area contributed by atoms with Crippen LogP contribution in [0.5, 0.6) is 0 Å². The van der Waals surface area contributed by atoms with Crippen LogP contribution in [0.2, 0.25) is 0 Å². The highest BCUT2D eigenvalue weighted by atomic mass is 16.3. The lowest BCUT2D eigenvalue weighted by Gasteiger charge is -2.37. The van der Waals surface area contributed by atoms with Crippen LogP contribution >= 0.6 is 0 Å². The zero-order chi connectivity index (χ0) is 14.7. The van der Waals surface area contributed by atoms with Gasteiger partial charge in [-0.3, -0.25) is 4.90 Å². The van der Waals surface area contributed by atoms with Crippen LogP contribution in [0.25, 0.3) is 0 Å². The third-order valence-electron chi connectivity index (χ3n) is 4.19. The molecule has 0 aromatic carbocycles. The van der Waals surface area contributed by atoms with Crippen LogP contribution in [0, 0.1) is 6.92 Å². The summed E-state index contributed by atoms with van der Waals surface area (Å²) in [5, 5.41) is 3.40. The lowest BCUT2D eigenvalue weighted by atomic mass is 10.1. The number of rotatable bonds is 5. The van der Waals surface area contributed by atoms with Crippen LogP contribution < -0.4 is 5.32 Å². The van der Waals surface area contributed by atoms with Crippen molar-refractivity contribution in [2.24, 2.45) is 0 Å². The Balaban J connectivity index is 1.92. The Bertz CT molecular complexity index is 427. The zero-order valence-corrected chi connectivity index (χ0v) is 13.6. The van der Waals surface area contributed by atoms with Crippen molar-refractivity contribution >= 4 is 0 Å². The number of hydrogen-bond acceptors (Lipinski definition) is 4. The standard InChI is InChI=1S/C16H29N3O/c1-12(2)17-9-16-8-15(14(4)20-16)11-19-7-6-18(5)13(3)10-19/h8,12-13,17H,6-7,9-11H2,1-5H3. The molecule has 0 spiro atoms. The van der Waals surface area contributed by atoms with Crippen LogP contribution in [0.15, 0.2) is 10.5 Å².